The molecule has 2 aromatic rings. The van der Waals surface area contributed by atoms with Gasteiger partial charge in [-0.3, -0.25) is 9.48 Å². The van der Waals surface area contributed by atoms with Gasteiger partial charge in [0.2, 0.25) is 5.91 Å². The van der Waals surface area contributed by atoms with Gasteiger partial charge < -0.3 is 14.8 Å². The molecular weight excluding hydrogens is 270 g/mol. The number of benzene rings is 1. The molecule has 21 heavy (non-hydrogen) atoms. The summed E-state index contributed by atoms with van der Waals surface area (Å²) in [5.74, 6) is 2.28. The molecule has 1 amide bonds. The predicted octanol–water partition coefficient (Wildman–Crippen LogP) is 1.67. The second-order valence-corrected chi connectivity index (χ2v) is 5.28. The minimum atomic E-state index is -0.00160. The highest BCUT2D eigenvalue weighted by atomic mass is 16.6. The van der Waals surface area contributed by atoms with Crippen molar-refractivity contribution in [3.63, 3.8) is 0 Å². The van der Waals surface area contributed by atoms with Crippen LogP contribution in [0, 0.1) is 0 Å². The van der Waals surface area contributed by atoms with Gasteiger partial charge in [0.15, 0.2) is 11.5 Å². The summed E-state index contributed by atoms with van der Waals surface area (Å²) in [5.41, 5.74) is 2.08. The second-order valence-electron chi connectivity index (χ2n) is 5.28. The number of hydrogen-bond acceptors (Lipinski definition) is 4. The lowest BCUT2D eigenvalue weighted by Crippen LogP contribution is -2.24. The fourth-order valence-electron chi connectivity index (χ4n) is 2.92. The van der Waals surface area contributed by atoms with Crippen molar-refractivity contribution in [2.45, 2.75) is 12.3 Å². The van der Waals surface area contributed by atoms with Crippen LogP contribution in [-0.4, -0.2) is 28.9 Å². The van der Waals surface area contributed by atoms with E-state index in [4.69, 9.17) is 9.47 Å². The molecule has 2 aliphatic rings. The van der Waals surface area contributed by atoms with Crippen molar-refractivity contribution >= 4 is 11.7 Å². The smallest absolute Gasteiger partial charge is 0.226 e. The van der Waals surface area contributed by atoms with Crippen LogP contribution in [0.15, 0.2) is 24.4 Å². The largest absolute Gasteiger partial charge is 0.486 e. The molecule has 0 spiro atoms. The van der Waals surface area contributed by atoms with Gasteiger partial charge in [0.05, 0.1) is 6.20 Å². The quantitative estimate of drug-likeness (QED) is 0.865. The van der Waals surface area contributed by atoms with E-state index in [0.29, 0.717) is 19.6 Å². The molecule has 3 heterocycles. The van der Waals surface area contributed by atoms with E-state index >= 15 is 0 Å². The molecule has 0 radical (unpaired) electrons. The van der Waals surface area contributed by atoms with Crippen LogP contribution in [0.4, 0.5) is 5.82 Å². The fourth-order valence-corrected chi connectivity index (χ4v) is 2.92. The number of hydrogen-bond donors (Lipinski definition) is 1. The Bertz CT molecular complexity index is 723. The van der Waals surface area contributed by atoms with E-state index in [0.717, 1.165) is 28.4 Å². The Morgan fingerprint density at radius 3 is 2.95 bits per heavy atom. The molecule has 1 atom stereocenters. The van der Waals surface area contributed by atoms with Crippen molar-refractivity contribution in [2.75, 3.05) is 18.5 Å². The molecule has 0 saturated heterocycles. The first-order chi connectivity index (χ1) is 10.2. The van der Waals surface area contributed by atoms with Gasteiger partial charge in [-0.15, -0.1) is 0 Å². The Hall–Kier alpha value is -2.50. The zero-order chi connectivity index (χ0) is 14.4. The van der Waals surface area contributed by atoms with Gasteiger partial charge in [-0.1, -0.05) is 6.07 Å². The maximum atomic E-state index is 11.9. The van der Waals surface area contributed by atoms with Crippen LogP contribution in [0.3, 0.4) is 0 Å². The number of aryl methyl sites for hydroxylation is 1. The van der Waals surface area contributed by atoms with Crippen molar-refractivity contribution in [3.8, 4) is 11.5 Å². The zero-order valence-corrected chi connectivity index (χ0v) is 11.6. The molecule has 6 heteroatoms. The monoisotopic (exact) mass is 285 g/mol. The van der Waals surface area contributed by atoms with Crippen LogP contribution in [0.1, 0.15) is 23.5 Å². The maximum absolute atomic E-state index is 11.9. The highest BCUT2D eigenvalue weighted by molar-refractivity contribution is 5.94. The van der Waals surface area contributed by atoms with Crippen LogP contribution in [0.2, 0.25) is 0 Å². The number of ether oxygens (including phenoxy) is 2. The summed E-state index contributed by atoms with van der Waals surface area (Å²) >= 11 is 0. The number of rotatable bonds is 1. The van der Waals surface area contributed by atoms with E-state index < -0.39 is 0 Å². The number of carbonyl (C=O) groups is 1. The summed E-state index contributed by atoms with van der Waals surface area (Å²) in [7, 11) is 1.82. The van der Waals surface area contributed by atoms with Crippen molar-refractivity contribution in [2.24, 2.45) is 7.05 Å². The Morgan fingerprint density at radius 2 is 2.10 bits per heavy atom. The van der Waals surface area contributed by atoms with E-state index in [2.05, 4.69) is 10.4 Å². The van der Waals surface area contributed by atoms with Crippen LogP contribution in [-0.2, 0) is 11.8 Å². The third-order valence-electron chi connectivity index (χ3n) is 3.96. The molecular formula is C15H15N3O3. The molecule has 1 aromatic carbocycles. The maximum Gasteiger partial charge on any atom is 0.226 e. The number of carbonyl (C=O) groups excluding carboxylic acids is 1. The number of nitrogens with zero attached hydrogens (tertiary/aromatic N) is 2. The normalized spacial score (nSPS) is 19.9. The predicted molar refractivity (Wildman–Crippen MR) is 75.7 cm³/mol. The van der Waals surface area contributed by atoms with Crippen LogP contribution >= 0.6 is 0 Å². The third kappa shape index (κ3) is 1.94. The third-order valence-corrected chi connectivity index (χ3v) is 3.96. The Kier molecular flexibility index (Phi) is 2.63. The summed E-state index contributed by atoms with van der Waals surface area (Å²) in [6.07, 6.45) is 2.23. The molecule has 1 N–H and O–H groups in total. The van der Waals surface area contributed by atoms with Gasteiger partial charge in [-0.05, 0) is 17.7 Å². The zero-order valence-electron chi connectivity index (χ0n) is 11.6. The summed E-state index contributed by atoms with van der Waals surface area (Å²) in [5, 5.41) is 7.12. The second kappa shape index (κ2) is 4.51. The number of nitrogens with one attached hydrogen (secondary N) is 1. The minimum Gasteiger partial charge on any atom is -0.486 e. The molecule has 0 fully saturated rings. The summed E-state index contributed by atoms with van der Waals surface area (Å²) in [6.45, 7) is 1.13. The van der Waals surface area contributed by atoms with Crippen molar-refractivity contribution < 1.29 is 14.3 Å². The highest BCUT2D eigenvalue weighted by Gasteiger charge is 2.30. The van der Waals surface area contributed by atoms with Crippen LogP contribution in [0.5, 0.6) is 11.5 Å². The topological polar surface area (TPSA) is 65.4 Å². The molecule has 1 aromatic heterocycles. The number of fused-ring (bicyclic) bond motifs is 2. The van der Waals surface area contributed by atoms with Gasteiger partial charge in [0.1, 0.15) is 19.0 Å². The van der Waals surface area contributed by atoms with Gasteiger partial charge >= 0.3 is 0 Å². The van der Waals surface area contributed by atoms with E-state index in [1.165, 1.54) is 0 Å². The van der Waals surface area contributed by atoms with Crippen molar-refractivity contribution in [1.82, 2.24) is 9.78 Å². The van der Waals surface area contributed by atoms with Gasteiger partial charge in [0, 0.05) is 24.9 Å². The van der Waals surface area contributed by atoms with Crippen LogP contribution < -0.4 is 14.8 Å². The molecule has 0 saturated carbocycles. The molecule has 6 nitrogen and oxygen atoms in total. The van der Waals surface area contributed by atoms with Gasteiger partial charge in [0.25, 0.3) is 0 Å². The summed E-state index contributed by atoms with van der Waals surface area (Å²) < 4.78 is 12.9. The average Bonchev–Trinajstić information content (AvgIpc) is 2.87. The standard InChI is InChI=1S/C15H15N3O3/c1-18-15-11(8-16-18)10(7-14(19)17-15)9-2-3-12-13(6-9)21-5-4-20-12/h2-3,6,8,10H,4-5,7H2,1H3,(H,17,19)/t10-/m1/s1. The Labute approximate surface area is 121 Å². The highest BCUT2D eigenvalue weighted by Crippen LogP contribution is 2.40. The van der Waals surface area contributed by atoms with Crippen molar-refractivity contribution in [3.05, 3.63) is 35.5 Å². The van der Waals surface area contributed by atoms with E-state index in [1.54, 1.807) is 4.68 Å². The average molecular weight is 285 g/mol. The lowest BCUT2D eigenvalue weighted by molar-refractivity contribution is -0.116. The number of anilines is 1. The van der Waals surface area contributed by atoms with Gasteiger partial charge in [-0.2, -0.15) is 5.10 Å². The molecule has 0 aliphatic carbocycles. The lowest BCUT2D eigenvalue weighted by Gasteiger charge is -2.25. The first kappa shape index (κ1) is 12.3. The van der Waals surface area contributed by atoms with Gasteiger partial charge in [-0.25, -0.2) is 0 Å². The SMILES string of the molecule is Cn1ncc2c1NC(=O)C[C@@H]2c1ccc2c(c1)OCCO2. The summed E-state index contributed by atoms with van der Waals surface area (Å²) in [6, 6.07) is 5.87. The van der Waals surface area contributed by atoms with Crippen molar-refractivity contribution in [1.29, 1.82) is 0 Å². The summed E-state index contributed by atoms with van der Waals surface area (Å²) in [4.78, 5) is 11.9. The first-order valence-electron chi connectivity index (χ1n) is 6.93. The molecule has 4 rings (SSSR count). The van der Waals surface area contributed by atoms with E-state index in [9.17, 15) is 4.79 Å². The Morgan fingerprint density at radius 1 is 1.29 bits per heavy atom. The molecule has 108 valence electrons. The molecule has 0 bridgehead atoms. The fraction of sp³-hybridized carbons (Fsp3) is 0.333. The lowest BCUT2D eigenvalue weighted by atomic mass is 9.87. The number of aromatic nitrogens is 2. The molecule has 2 aliphatic heterocycles. The minimum absolute atomic E-state index is 0.00160. The van der Waals surface area contributed by atoms with Crippen LogP contribution in [0.25, 0.3) is 0 Å². The Balaban J connectivity index is 1.78. The van der Waals surface area contributed by atoms with E-state index in [-0.39, 0.29) is 11.8 Å². The molecule has 0 unspecified atom stereocenters. The number of amides is 1. The first-order valence-corrected chi connectivity index (χ1v) is 6.93. The van der Waals surface area contributed by atoms with E-state index in [1.807, 2.05) is 31.4 Å².